The van der Waals surface area contributed by atoms with Crippen LogP contribution in [0.25, 0.3) is 11.0 Å². The van der Waals surface area contributed by atoms with Crippen LogP contribution in [-0.2, 0) is 26.6 Å². The molecule has 28 heavy (non-hydrogen) atoms. The lowest BCUT2D eigenvalue weighted by molar-refractivity contribution is 0.431. The van der Waals surface area contributed by atoms with Crippen LogP contribution in [0.2, 0.25) is 5.02 Å². The van der Waals surface area contributed by atoms with Gasteiger partial charge < -0.3 is 8.98 Å². The van der Waals surface area contributed by atoms with Crippen molar-refractivity contribution in [3.63, 3.8) is 0 Å². The fraction of sp³-hybridized carbons (Fsp3) is 0.278. The van der Waals surface area contributed by atoms with Gasteiger partial charge in [0, 0.05) is 12.1 Å². The zero-order valence-corrected chi connectivity index (χ0v) is 16.0. The lowest BCUT2D eigenvalue weighted by Gasteiger charge is -2.01. The van der Waals surface area contributed by atoms with Crippen LogP contribution in [-0.4, -0.2) is 29.1 Å². The SMILES string of the molecule is Cc1nn(Cc2nn(CCc3ccc(Cl)cc3)c(=O)o2)c2c(=O)n(C)cnc12. The Kier molecular flexibility index (Phi) is 4.60. The first kappa shape index (κ1) is 18.2. The zero-order valence-electron chi connectivity index (χ0n) is 15.3. The highest BCUT2D eigenvalue weighted by atomic mass is 35.5. The summed E-state index contributed by atoms with van der Waals surface area (Å²) in [6.45, 7) is 2.20. The monoisotopic (exact) mass is 400 g/mol. The van der Waals surface area contributed by atoms with Crippen molar-refractivity contribution in [2.45, 2.75) is 26.4 Å². The van der Waals surface area contributed by atoms with E-state index in [1.807, 2.05) is 12.1 Å². The summed E-state index contributed by atoms with van der Waals surface area (Å²) >= 11 is 5.88. The molecule has 0 spiro atoms. The maximum absolute atomic E-state index is 12.4. The highest BCUT2D eigenvalue weighted by Crippen LogP contribution is 2.13. The van der Waals surface area contributed by atoms with Crippen molar-refractivity contribution in [3.8, 4) is 0 Å². The van der Waals surface area contributed by atoms with E-state index in [-0.39, 0.29) is 18.0 Å². The Morgan fingerprint density at radius 1 is 1.11 bits per heavy atom. The molecule has 0 radical (unpaired) electrons. The largest absolute Gasteiger partial charge is 0.437 e. The molecule has 0 bridgehead atoms. The molecule has 0 N–H and O–H groups in total. The van der Waals surface area contributed by atoms with E-state index in [9.17, 15) is 9.59 Å². The second-order valence-electron chi connectivity index (χ2n) is 6.46. The summed E-state index contributed by atoms with van der Waals surface area (Å²) < 4.78 is 9.35. The van der Waals surface area contributed by atoms with Gasteiger partial charge in [-0.15, -0.1) is 5.10 Å². The summed E-state index contributed by atoms with van der Waals surface area (Å²) in [5.74, 6) is -0.375. The van der Waals surface area contributed by atoms with E-state index in [2.05, 4.69) is 15.2 Å². The predicted molar refractivity (Wildman–Crippen MR) is 103 cm³/mol. The number of hydrogen-bond donors (Lipinski definition) is 0. The first-order valence-electron chi connectivity index (χ1n) is 8.62. The molecular weight excluding hydrogens is 384 g/mol. The predicted octanol–water partition coefficient (Wildman–Crippen LogP) is 1.53. The molecule has 0 aliphatic rings. The van der Waals surface area contributed by atoms with Crippen molar-refractivity contribution >= 4 is 22.6 Å². The summed E-state index contributed by atoms with van der Waals surface area (Å²) in [4.78, 5) is 28.8. The number of aryl methyl sites for hydroxylation is 4. The van der Waals surface area contributed by atoms with Crippen molar-refractivity contribution < 1.29 is 4.42 Å². The topological polar surface area (TPSA) is 101 Å². The molecule has 3 heterocycles. The summed E-state index contributed by atoms with van der Waals surface area (Å²) in [7, 11) is 1.62. The second-order valence-corrected chi connectivity index (χ2v) is 6.90. The Bertz CT molecular complexity index is 1270. The van der Waals surface area contributed by atoms with Crippen LogP contribution < -0.4 is 11.3 Å². The molecule has 0 atom stereocenters. The van der Waals surface area contributed by atoms with Gasteiger partial charge in [-0.2, -0.15) is 9.78 Å². The molecule has 4 aromatic rings. The zero-order chi connectivity index (χ0) is 19.8. The van der Waals surface area contributed by atoms with E-state index in [1.54, 1.807) is 26.1 Å². The average molecular weight is 401 g/mol. The van der Waals surface area contributed by atoms with Crippen LogP contribution in [0.3, 0.4) is 0 Å². The molecule has 0 aliphatic heterocycles. The third-order valence-electron chi connectivity index (χ3n) is 4.44. The fourth-order valence-electron chi connectivity index (χ4n) is 2.99. The van der Waals surface area contributed by atoms with Gasteiger partial charge in [-0.1, -0.05) is 23.7 Å². The number of halogens is 1. The van der Waals surface area contributed by atoms with Gasteiger partial charge in [0.15, 0.2) is 5.52 Å². The Morgan fingerprint density at radius 2 is 1.86 bits per heavy atom. The third kappa shape index (κ3) is 3.36. The quantitative estimate of drug-likeness (QED) is 0.503. The van der Waals surface area contributed by atoms with Gasteiger partial charge in [0.2, 0.25) is 5.89 Å². The van der Waals surface area contributed by atoms with Gasteiger partial charge in [0.05, 0.1) is 18.6 Å². The van der Waals surface area contributed by atoms with Crippen molar-refractivity contribution in [3.05, 3.63) is 73.7 Å². The molecule has 4 rings (SSSR count). The highest BCUT2D eigenvalue weighted by molar-refractivity contribution is 6.30. The third-order valence-corrected chi connectivity index (χ3v) is 4.69. The van der Waals surface area contributed by atoms with E-state index < -0.39 is 5.76 Å². The molecule has 0 amide bonds. The number of hydrogen-bond acceptors (Lipinski definition) is 6. The molecule has 3 aromatic heterocycles. The van der Waals surface area contributed by atoms with Gasteiger partial charge >= 0.3 is 5.76 Å². The van der Waals surface area contributed by atoms with Gasteiger partial charge in [-0.05, 0) is 31.0 Å². The second kappa shape index (κ2) is 7.08. The Labute approximate surface area is 163 Å². The van der Waals surface area contributed by atoms with Gasteiger partial charge in [-0.3, -0.25) is 4.79 Å². The fourth-order valence-corrected chi connectivity index (χ4v) is 3.11. The minimum atomic E-state index is -0.553. The lowest BCUT2D eigenvalue weighted by atomic mass is 10.1. The molecule has 10 heteroatoms. The minimum Gasteiger partial charge on any atom is -0.390 e. The number of fused-ring (bicyclic) bond motifs is 1. The number of nitrogens with zero attached hydrogens (tertiary/aromatic N) is 6. The van der Waals surface area contributed by atoms with Crippen LogP contribution in [0.4, 0.5) is 0 Å². The van der Waals surface area contributed by atoms with Crippen LogP contribution >= 0.6 is 11.6 Å². The van der Waals surface area contributed by atoms with Crippen LogP contribution in [0.15, 0.2) is 44.6 Å². The molecule has 0 saturated heterocycles. The van der Waals surface area contributed by atoms with Crippen molar-refractivity contribution in [2.24, 2.45) is 7.05 Å². The van der Waals surface area contributed by atoms with Crippen molar-refractivity contribution in [2.75, 3.05) is 0 Å². The summed E-state index contributed by atoms with van der Waals surface area (Å²) in [6.07, 6.45) is 2.06. The Balaban J connectivity index is 1.58. The first-order valence-corrected chi connectivity index (χ1v) is 9.00. The minimum absolute atomic E-state index is 0.0639. The maximum Gasteiger partial charge on any atom is 0.437 e. The van der Waals surface area contributed by atoms with Crippen LogP contribution in [0.5, 0.6) is 0 Å². The number of benzene rings is 1. The molecule has 0 saturated carbocycles. The number of rotatable bonds is 5. The van der Waals surface area contributed by atoms with Crippen LogP contribution in [0.1, 0.15) is 17.1 Å². The molecule has 1 aromatic carbocycles. The normalized spacial score (nSPS) is 11.4. The van der Waals surface area contributed by atoms with Crippen molar-refractivity contribution in [1.29, 1.82) is 0 Å². The summed E-state index contributed by atoms with van der Waals surface area (Å²) in [6, 6.07) is 7.40. The Morgan fingerprint density at radius 3 is 2.61 bits per heavy atom. The molecule has 0 aliphatic carbocycles. The van der Waals surface area contributed by atoms with Crippen LogP contribution in [0, 0.1) is 6.92 Å². The summed E-state index contributed by atoms with van der Waals surface area (Å²) in [5.41, 5.74) is 2.30. The van der Waals surface area contributed by atoms with E-state index in [4.69, 9.17) is 16.0 Å². The van der Waals surface area contributed by atoms with E-state index in [0.29, 0.717) is 34.7 Å². The molecule has 0 unspecified atom stereocenters. The van der Waals surface area contributed by atoms with E-state index in [1.165, 1.54) is 20.3 Å². The van der Waals surface area contributed by atoms with Gasteiger partial charge in [-0.25, -0.2) is 14.5 Å². The number of aromatic nitrogens is 6. The smallest absolute Gasteiger partial charge is 0.390 e. The van der Waals surface area contributed by atoms with Gasteiger partial charge in [0.25, 0.3) is 5.56 Å². The molecular formula is C18H17ClN6O3. The highest BCUT2D eigenvalue weighted by Gasteiger charge is 2.16. The van der Waals surface area contributed by atoms with E-state index >= 15 is 0 Å². The summed E-state index contributed by atoms with van der Waals surface area (Å²) in [5, 5.41) is 9.23. The first-order chi connectivity index (χ1) is 13.4. The molecule has 144 valence electrons. The maximum atomic E-state index is 12.4. The molecule has 9 nitrogen and oxygen atoms in total. The van der Waals surface area contributed by atoms with E-state index in [0.717, 1.165) is 5.56 Å². The van der Waals surface area contributed by atoms with Crippen molar-refractivity contribution in [1.82, 2.24) is 29.1 Å². The van der Waals surface area contributed by atoms with Gasteiger partial charge in [0.1, 0.15) is 12.1 Å². The lowest BCUT2D eigenvalue weighted by Crippen LogP contribution is -2.20. The average Bonchev–Trinajstić information content (AvgIpc) is 3.17. The Hall–Kier alpha value is -3.20. The standard InChI is InChI=1S/C18H17ClN6O3/c1-11-15-16(17(26)23(2)10-20-15)25(21-11)9-14-22-24(18(27)28-14)8-7-12-3-5-13(19)6-4-12/h3-6,10H,7-9H2,1-2H3. The molecule has 0 fully saturated rings.